The zero-order valence-corrected chi connectivity index (χ0v) is 11.5. The first-order valence-electron chi connectivity index (χ1n) is 5.80. The van der Waals surface area contributed by atoms with Crippen molar-refractivity contribution in [3.8, 4) is 0 Å². The van der Waals surface area contributed by atoms with Gasteiger partial charge in [0, 0.05) is 25.4 Å². The highest BCUT2D eigenvalue weighted by molar-refractivity contribution is 6.36. The minimum Gasteiger partial charge on any atom is -0.398 e. The topological polar surface area (TPSA) is 72.9 Å². The van der Waals surface area contributed by atoms with Crippen LogP contribution in [-0.2, 0) is 13.6 Å². The Balaban J connectivity index is 2.10. The number of halogens is 1. The molecule has 100 valence electrons. The molecule has 0 aliphatic rings. The number of nitrogens with one attached hydrogen (secondary N) is 1. The summed E-state index contributed by atoms with van der Waals surface area (Å²) in [6, 6.07) is 5.00. The number of aryl methyl sites for hydroxylation is 2. The predicted molar refractivity (Wildman–Crippen MR) is 75.0 cm³/mol. The van der Waals surface area contributed by atoms with Gasteiger partial charge in [-0.25, -0.2) is 0 Å². The van der Waals surface area contributed by atoms with Crippen molar-refractivity contribution in [2.45, 2.75) is 13.5 Å². The Bertz CT molecular complexity index is 621. The van der Waals surface area contributed by atoms with Crippen LogP contribution in [0.2, 0.25) is 5.02 Å². The van der Waals surface area contributed by atoms with Crippen LogP contribution in [0.25, 0.3) is 0 Å². The highest BCUT2D eigenvalue weighted by atomic mass is 35.5. The van der Waals surface area contributed by atoms with Crippen molar-refractivity contribution in [1.29, 1.82) is 0 Å². The second-order valence-electron chi connectivity index (χ2n) is 4.30. The summed E-state index contributed by atoms with van der Waals surface area (Å²) in [5.41, 5.74) is 8.30. The zero-order valence-electron chi connectivity index (χ0n) is 10.8. The van der Waals surface area contributed by atoms with E-state index in [9.17, 15) is 4.79 Å². The van der Waals surface area contributed by atoms with Gasteiger partial charge >= 0.3 is 0 Å². The van der Waals surface area contributed by atoms with Gasteiger partial charge in [-0.1, -0.05) is 17.7 Å². The van der Waals surface area contributed by atoms with E-state index in [1.165, 1.54) is 0 Å². The van der Waals surface area contributed by atoms with Gasteiger partial charge in [-0.3, -0.25) is 9.48 Å². The molecule has 3 N–H and O–H groups in total. The predicted octanol–water partition coefficient (Wildman–Crippen LogP) is 1.89. The highest BCUT2D eigenvalue weighted by Crippen LogP contribution is 2.22. The number of nitrogen functional groups attached to an aromatic ring is 1. The molecule has 1 heterocycles. The Morgan fingerprint density at radius 1 is 1.53 bits per heavy atom. The van der Waals surface area contributed by atoms with Crippen molar-refractivity contribution < 1.29 is 4.79 Å². The minimum absolute atomic E-state index is 0.249. The SMILES string of the molecule is Cc1nn(C)cc1CNC(=O)c1cccc(N)c1Cl. The lowest BCUT2D eigenvalue weighted by Gasteiger charge is -2.07. The maximum absolute atomic E-state index is 12.0. The molecule has 0 aliphatic heterocycles. The maximum atomic E-state index is 12.0. The molecule has 0 unspecified atom stereocenters. The van der Waals surface area contributed by atoms with E-state index >= 15 is 0 Å². The average Bonchev–Trinajstić information content (AvgIpc) is 2.68. The fraction of sp³-hybridized carbons (Fsp3) is 0.231. The van der Waals surface area contributed by atoms with E-state index in [0.717, 1.165) is 11.3 Å². The number of rotatable bonds is 3. The van der Waals surface area contributed by atoms with Crippen LogP contribution in [-0.4, -0.2) is 15.7 Å². The lowest BCUT2D eigenvalue weighted by Crippen LogP contribution is -2.23. The van der Waals surface area contributed by atoms with Crippen molar-refractivity contribution in [1.82, 2.24) is 15.1 Å². The van der Waals surface area contributed by atoms with Crippen LogP contribution in [0, 0.1) is 6.92 Å². The summed E-state index contributed by atoms with van der Waals surface area (Å²) in [5, 5.41) is 7.30. The first-order valence-corrected chi connectivity index (χ1v) is 6.18. The van der Waals surface area contributed by atoms with E-state index < -0.39 is 0 Å². The van der Waals surface area contributed by atoms with Crippen LogP contribution in [0.4, 0.5) is 5.69 Å². The van der Waals surface area contributed by atoms with E-state index in [-0.39, 0.29) is 10.9 Å². The van der Waals surface area contributed by atoms with Gasteiger partial charge in [0.05, 0.1) is 22.0 Å². The number of carbonyl (C=O) groups excluding carboxylic acids is 1. The summed E-state index contributed by atoms with van der Waals surface area (Å²) < 4.78 is 1.71. The Morgan fingerprint density at radius 2 is 2.26 bits per heavy atom. The molecular formula is C13H15ClN4O. The third-order valence-electron chi connectivity index (χ3n) is 2.83. The Hall–Kier alpha value is -2.01. The van der Waals surface area contributed by atoms with Crippen LogP contribution in [0.5, 0.6) is 0 Å². The molecule has 1 aromatic heterocycles. The third-order valence-corrected chi connectivity index (χ3v) is 3.25. The standard InChI is InChI=1S/C13H15ClN4O/c1-8-9(7-18(2)17-8)6-16-13(19)10-4-3-5-11(15)12(10)14/h3-5,7H,6,15H2,1-2H3,(H,16,19). The molecule has 2 rings (SSSR count). The van der Waals surface area contributed by atoms with Crippen molar-refractivity contribution in [3.05, 3.63) is 46.2 Å². The molecule has 0 bridgehead atoms. The largest absolute Gasteiger partial charge is 0.398 e. The minimum atomic E-state index is -0.249. The fourth-order valence-electron chi connectivity index (χ4n) is 1.82. The second kappa shape index (κ2) is 5.32. The van der Waals surface area contributed by atoms with Gasteiger partial charge in [-0.05, 0) is 19.1 Å². The van der Waals surface area contributed by atoms with Gasteiger partial charge in [0.15, 0.2) is 0 Å². The van der Waals surface area contributed by atoms with Crippen molar-refractivity contribution >= 4 is 23.2 Å². The van der Waals surface area contributed by atoms with Crippen molar-refractivity contribution in [3.63, 3.8) is 0 Å². The van der Waals surface area contributed by atoms with E-state index in [1.54, 1.807) is 22.9 Å². The van der Waals surface area contributed by atoms with E-state index in [2.05, 4.69) is 10.4 Å². The number of hydrogen-bond donors (Lipinski definition) is 2. The lowest BCUT2D eigenvalue weighted by atomic mass is 10.2. The van der Waals surface area contributed by atoms with Crippen LogP contribution in [0.1, 0.15) is 21.6 Å². The van der Waals surface area contributed by atoms with Gasteiger partial charge in [-0.2, -0.15) is 5.10 Å². The normalized spacial score (nSPS) is 10.5. The Kier molecular flexibility index (Phi) is 3.76. The monoisotopic (exact) mass is 278 g/mol. The molecule has 0 spiro atoms. The van der Waals surface area contributed by atoms with Crippen LogP contribution in [0.3, 0.4) is 0 Å². The van der Waals surface area contributed by atoms with E-state index in [0.29, 0.717) is 17.8 Å². The molecule has 6 heteroatoms. The summed E-state index contributed by atoms with van der Waals surface area (Å²) in [5.74, 6) is -0.249. The summed E-state index contributed by atoms with van der Waals surface area (Å²) in [6.07, 6.45) is 1.87. The first-order chi connectivity index (χ1) is 8.99. The number of nitrogens with zero attached hydrogens (tertiary/aromatic N) is 2. The van der Waals surface area contributed by atoms with Gasteiger partial charge in [0.1, 0.15) is 0 Å². The quantitative estimate of drug-likeness (QED) is 0.842. The molecule has 5 nitrogen and oxygen atoms in total. The summed E-state index contributed by atoms with van der Waals surface area (Å²) >= 11 is 6.00. The lowest BCUT2D eigenvalue weighted by molar-refractivity contribution is 0.0951. The summed E-state index contributed by atoms with van der Waals surface area (Å²) in [4.78, 5) is 12.0. The number of amides is 1. The van der Waals surface area contributed by atoms with Gasteiger partial charge in [-0.15, -0.1) is 0 Å². The van der Waals surface area contributed by atoms with Crippen molar-refractivity contribution in [2.24, 2.45) is 7.05 Å². The number of hydrogen-bond acceptors (Lipinski definition) is 3. The molecule has 1 amide bonds. The number of nitrogens with two attached hydrogens (primary N) is 1. The highest BCUT2D eigenvalue weighted by Gasteiger charge is 2.12. The molecule has 0 fully saturated rings. The zero-order chi connectivity index (χ0) is 14.0. The molecule has 1 aromatic carbocycles. The van der Waals surface area contributed by atoms with Crippen molar-refractivity contribution in [2.75, 3.05) is 5.73 Å². The molecule has 2 aromatic rings. The molecule has 0 atom stereocenters. The molecule has 19 heavy (non-hydrogen) atoms. The maximum Gasteiger partial charge on any atom is 0.253 e. The van der Waals surface area contributed by atoms with Crippen LogP contribution >= 0.6 is 11.6 Å². The Labute approximate surface area is 116 Å². The van der Waals surface area contributed by atoms with Crippen LogP contribution in [0.15, 0.2) is 24.4 Å². The Morgan fingerprint density at radius 3 is 2.89 bits per heavy atom. The second-order valence-corrected chi connectivity index (χ2v) is 4.68. The fourth-order valence-corrected chi connectivity index (χ4v) is 2.03. The van der Waals surface area contributed by atoms with Crippen LogP contribution < -0.4 is 11.1 Å². The average molecular weight is 279 g/mol. The smallest absolute Gasteiger partial charge is 0.253 e. The van der Waals surface area contributed by atoms with E-state index in [4.69, 9.17) is 17.3 Å². The van der Waals surface area contributed by atoms with Gasteiger partial charge < -0.3 is 11.1 Å². The molecule has 0 saturated heterocycles. The number of aromatic nitrogens is 2. The summed E-state index contributed by atoms with van der Waals surface area (Å²) in [7, 11) is 1.84. The molecule has 0 saturated carbocycles. The number of carbonyl (C=O) groups is 1. The number of anilines is 1. The summed E-state index contributed by atoms with van der Waals surface area (Å²) in [6.45, 7) is 2.30. The van der Waals surface area contributed by atoms with Gasteiger partial charge in [0.2, 0.25) is 0 Å². The molecular weight excluding hydrogens is 264 g/mol. The van der Waals surface area contributed by atoms with Gasteiger partial charge in [0.25, 0.3) is 5.91 Å². The first kappa shape index (κ1) is 13.4. The van der Waals surface area contributed by atoms with E-state index in [1.807, 2.05) is 20.2 Å². The molecule has 0 aliphatic carbocycles. The number of benzene rings is 1. The molecule has 0 radical (unpaired) electrons. The third kappa shape index (κ3) is 2.88.